The molecule has 6 heteroatoms. The first-order valence-electron chi connectivity index (χ1n) is 13.4. The van der Waals surface area contributed by atoms with Crippen LogP contribution in [0.1, 0.15) is 53.7 Å². The highest BCUT2D eigenvalue weighted by molar-refractivity contribution is 5.96. The largest absolute Gasteiger partial charge is 0.361 e. The Balaban J connectivity index is 1.53. The molecule has 2 amide bonds. The second-order valence-corrected chi connectivity index (χ2v) is 9.68. The van der Waals surface area contributed by atoms with Gasteiger partial charge >= 0.3 is 0 Å². The Hall–Kier alpha value is -3.93. The molecule has 0 fully saturated rings. The van der Waals surface area contributed by atoms with Gasteiger partial charge in [0, 0.05) is 42.3 Å². The number of aromatic nitrogens is 1. The van der Waals surface area contributed by atoms with E-state index in [0.717, 1.165) is 41.3 Å². The maximum atomic E-state index is 13.7. The first-order chi connectivity index (χ1) is 18.5. The van der Waals surface area contributed by atoms with Gasteiger partial charge in [-0.1, -0.05) is 62.7 Å². The minimum atomic E-state index is -0.309. The summed E-state index contributed by atoms with van der Waals surface area (Å²) in [6.07, 6.45) is 5.30. The monoisotopic (exact) mass is 513 g/mol. The van der Waals surface area contributed by atoms with Gasteiger partial charge in [0.2, 0.25) is 5.91 Å². The number of amides is 2. The number of aryl methyl sites for hydroxylation is 1. The van der Waals surface area contributed by atoms with Crippen molar-refractivity contribution in [3.8, 4) is 0 Å². The Bertz CT molecular complexity index is 1350. The van der Waals surface area contributed by atoms with Gasteiger partial charge in [0.15, 0.2) is 0 Å². The lowest BCUT2D eigenvalue weighted by atomic mass is 10.1. The van der Waals surface area contributed by atoms with Gasteiger partial charge in [-0.25, -0.2) is 4.39 Å². The van der Waals surface area contributed by atoms with Crippen molar-refractivity contribution in [3.63, 3.8) is 0 Å². The average molecular weight is 514 g/mol. The van der Waals surface area contributed by atoms with Gasteiger partial charge in [-0.3, -0.25) is 9.59 Å². The topological polar surface area (TPSA) is 56.4 Å². The highest BCUT2D eigenvalue weighted by Crippen LogP contribution is 2.19. The van der Waals surface area contributed by atoms with Gasteiger partial charge in [-0.05, 0) is 66.3 Å². The standard InChI is InChI=1S/C32H36FN3O2/c1-3-5-19-36(32(38)26-14-10-24(4-2)11-15-26)23-31(37)35(22-25-12-16-28(33)17-13-25)20-18-27-21-34-30-9-7-6-8-29(27)30/h6-17,21,34H,3-5,18-20,22-23H2,1-2H3. The molecule has 0 radical (unpaired) electrons. The Morgan fingerprint density at radius 2 is 1.55 bits per heavy atom. The van der Waals surface area contributed by atoms with Gasteiger partial charge in [0.25, 0.3) is 5.91 Å². The highest BCUT2D eigenvalue weighted by Gasteiger charge is 2.23. The summed E-state index contributed by atoms with van der Waals surface area (Å²) in [5.41, 5.74) is 4.80. The number of aromatic amines is 1. The van der Waals surface area contributed by atoms with Crippen molar-refractivity contribution in [1.29, 1.82) is 0 Å². The summed E-state index contributed by atoms with van der Waals surface area (Å²) in [4.78, 5) is 33.8. The van der Waals surface area contributed by atoms with Gasteiger partial charge in [0.1, 0.15) is 12.4 Å². The smallest absolute Gasteiger partial charge is 0.254 e. The number of unbranched alkanes of at least 4 members (excludes halogenated alkanes) is 1. The lowest BCUT2D eigenvalue weighted by molar-refractivity contribution is -0.132. The van der Waals surface area contributed by atoms with Crippen LogP contribution in [0.4, 0.5) is 4.39 Å². The first kappa shape index (κ1) is 27.1. The normalized spacial score (nSPS) is 11.0. The molecule has 0 atom stereocenters. The summed E-state index contributed by atoms with van der Waals surface area (Å²) in [7, 11) is 0. The maximum absolute atomic E-state index is 13.7. The van der Waals surface area contributed by atoms with E-state index in [2.05, 4.69) is 24.9 Å². The van der Waals surface area contributed by atoms with Crippen LogP contribution in [0.15, 0.2) is 79.0 Å². The molecule has 0 spiro atoms. The Kier molecular flexibility index (Phi) is 9.30. The second kappa shape index (κ2) is 13.0. The van der Waals surface area contributed by atoms with Crippen molar-refractivity contribution in [1.82, 2.24) is 14.8 Å². The molecule has 1 heterocycles. The van der Waals surface area contributed by atoms with Crippen molar-refractivity contribution < 1.29 is 14.0 Å². The number of carbonyl (C=O) groups is 2. The fraction of sp³-hybridized carbons (Fsp3) is 0.312. The van der Waals surface area contributed by atoms with Crippen LogP contribution in [0.2, 0.25) is 0 Å². The van der Waals surface area contributed by atoms with E-state index in [4.69, 9.17) is 0 Å². The van der Waals surface area contributed by atoms with E-state index >= 15 is 0 Å². The van der Waals surface area contributed by atoms with Crippen molar-refractivity contribution in [2.24, 2.45) is 0 Å². The van der Waals surface area contributed by atoms with Crippen LogP contribution in [-0.4, -0.2) is 46.2 Å². The van der Waals surface area contributed by atoms with Crippen molar-refractivity contribution >= 4 is 22.7 Å². The number of hydrogen-bond donors (Lipinski definition) is 1. The van der Waals surface area contributed by atoms with Crippen LogP contribution in [0.25, 0.3) is 10.9 Å². The van der Waals surface area contributed by atoms with Gasteiger partial charge < -0.3 is 14.8 Å². The molecule has 0 aliphatic carbocycles. The summed E-state index contributed by atoms with van der Waals surface area (Å²) >= 11 is 0. The molecule has 4 aromatic rings. The van der Waals surface area contributed by atoms with E-state index in [1.54, 1.807) is 21.9 Å². The molecule has 5 nitrogen and oxygen atoms in total. The van der Waals surface area contributed by atoms with E-state index in [-0.39, 0.29) is 24.2 Å². The van der Waals surface area contributed by atoms with Crippen LogP contribution in [0.5, 0.6) is 0 Å². The summed E-state index contributed by atoms with van der Waals surface area (Å²) in [5.74, 6) is -0.563. The van der Waals surface area contributed by atoms with Crippen LogP contribution in [-0.2, 0) is 24.2 Å². The zero-order chi connectivity index (χ0) is 26.9. The Morgan fingerprint density at radius 3 is 2.26 bits per heavy atom. The number of carbonyl (C=O) groups excluding carboxylic acids is 2. The minimum Gasteiger partial charge on any atom is -0.361 e. The third-order valence-electron chi connectivity index (χ3n) is 6.97. The number of benzene rings is 3. The molecule has 0 bridgehead atoms. The molecular weight excluding hydrogens is 477 g/mol. The molecule has 198 valence electrons. The van der Waals surface area contributed by atoms with E-state index in [1.165, 1.54) is 17.7 Å². The molecule has 0 aliphatic heterocycles. The number of hydrogen-bond acceptors (Lipinski definition) is 2. The second-order valence-electron chi connectivity index (χ2n) is 9.68. The van der Waals surface area contributed by atoms with E-state index < -0.39 is 0 Å². The van der Waals surface area contributed by atoms with E-state index in [1.807, 2.05) is 48.7 Å². The van der Waals surface area contributed by atoms with Crippen LogP contribution in [0.3, 0.4) is 0 Å². The quantitative estimate of drug-likeness (QED) is 0.239. The van der Waals surface area contributed by atoms with Gasteiger partial charge in [0.05, 0.1) is 0 Å². The third kappa shape index (κ3) is 6.88. The predicted molar refractivity (Wildman–Crippen MR) is 150 cm³/mol. The van der Waals surface area contributed by atoms with Gasteiger partial charge in [-0.15, -0.1) is 0 Å². The lowest BCUT2D eigenvalue weighted by Gasteiger charge is -2.28. The Morgan fingerprint density at radius 1 is 0.842 bits per heavy atom. The van der Waals surface area contributed by atoms with Crippen LogP contribution < -0.4 is 0 Å². The summed E-state index contributed by atoms with van der Waals surface area (Å²) in [5, 5.41) is 1.14. The van der Waals surface area contributed by atoms with E-state index in [9.17, 15) is 14.0 Å². The van der Waals surface area contributed by atoms with E-state index in [0.29, 0.717) is 31.6 Å². The molecule has 4 rings (SSSR count). The number of fused-ring (bicyclic) bond motifs is 1. The van der Waals surface area contributed by atoms with Crippen molar-refractivity contribution in [2.45, 2.75) is 46.1 Å². The molecule has 0 unspecified atom stereocenters. The molecule has 1 aromatic heterocycles. The molecule has 1 N–H and O–H groups in total. The molecule has 0 saturated carbocycles. The first-order valence-corrected chi connectivity index (χ1v) is 13.4. The SMILES string of the molecule is CCCCN(CC(=O)N(CCc1c[nH]c2ccccc12)Cc1ccc(F)cc1)C(=O)c1ccc(CC)cc1. The summed E-state index contributed by atoms with van der Waals surface area (Å²) in [6, 6.07) is 22.0. The molecule has 0 saturated heterocycles. The lowest BCUT2D eigenvalue weighted by Crippen LogP contribution is -2.43. The third-order valence-corrected chi connectivity index (χ3v) is 6.97. The van der Waals surface area contributed by atoms with Gasteiger partial charge in [-0.2, -0.15) is 0 Å². The number of para-hydroxylation sites is 1. The Labute approximate surface area is 224 Å². The number of rotatable bonds is 12. The fourth-order valence-electron chi connectivity index (χ4n) is 4.63. The molecule has 0 aliphatic rings. The number of halogens is 1. The number of nitrogens with zero attached hydrogens (tertiary/aromatic N) is 2. The predicted octanol–water partition coefficient (Wildman–Crippen LogP) is 6.38. The zero-order valence-electron chi connectivity index (χ0n) is 22.3. The zero-order valence-corrected chi connectivity index (χ0v) is 22.3. The maximum Gasteiger partial charge on any atom is 0.254 e. The number of H-pyrrole nitrogens is 1. The minimum absolute atomic E-state index is 0.00341. The van der Waals surface area contributed by atoms with Crippen LogP contribution in [0, 0.1) is 5.82 Å². The molecule has 3 aromatic carbocycles. The van der Waals surface area contributed by atoms with Crippen molar-refractivity contribution in [2.75, 3.05) is 19.6 Å². The number of nitrogens with one attached hydrogen (secondary N) is 1. The van der Waals surface area contributed by atoms with Crippen LogP contribution >= 0.6 is 0 Å². The average Bonchev–Trinajstić information content (AvgIpc) is 3.37. The summed E-state index contributed by atoms with van der Waals surface area (Å²) < 4.78 is 13.5. The summed E-state index contributed by atoms with van der Waals surface area (Å²) in [6.45, 7) is 5.51. The molecular formula is C32H36FN3O2. The molecule has 38 heavy (non-hydrogen) atoms. The highest BCUT2D eigenvalue weighted by atomic mass is 19.1. The van der Waals surface area contributed by atoms with Crippen molar-refractivity contribution in [3.05, 3.63) is 107 Å². The fourth-order valence-corrected chi connectivity index (χ4v) is 4.63.